The standard InChI is InChI=1S/C24H23Cl2N3O3/c25-18-6-8-21(26)22(14-18)31-19-10-12-29(13-11-19)23-9-7-20(16-27-23)32-24(30)28-15-17-4-2-1-3-5-17/h1-9,14,16,19H,10-13,15H2,(H,28,30). The first-order chi connectivity index (χ1) is 15.6. The Morgan fingerprint density at radius 3 is 2.56 bits per heavy atom. The Bertz CT molecular complexity index is 1040. The van der Waals surface area contributed by atoms with Gasteiger partial charge in [-0.05, 0) is 29.8 Å². The summed E-state index contributed by atoms with van der Waals surface area (Å²) in [7, 11) is 0. The van der Waals surface area contributed by atoms with Crippen LogP contribution in [0.3, 0.4) is 0 Å². The van der Waals surface area contributed by atoms with Gasteiger partial charge in [0.25, 0.3) is 0 Å². The van der Waals surface area contributed by atoms with Crippen LogP contribution in [0.25, 0.3) is 0 Å². The molecule has 1 amide bonds. The zero-order chi connectivity index (χ0) is 22.3. The molecule has 4 rings (SSSR count). The van der Waals surface area contributed by atoms with E-state index in [0.29, 0.717) is 28.1 Å². The van der Waals surface area contributed by atoms with Crippen molar-refractivity contribution in [3.05, 3.63) is 82.5 Å². The number of nitrogens with zero attached hydrogens (tertiary/aromatic N) is 2. The van der Waals surface area contributed by atoms with Gasteiger partial charge in [-0.3, -0.25) is 0 Å². The summed E-state index contributed by atoms with van der Waals surface area (Å²) in [5.74, 6) is 1.84. The molecule has 32 heavy (non-hydrogen) atoms. The highest BCUT2D eigenvalue weighted by Gasteiger charge is 2.22. The Labute approximate surface area is 197 Å². The van der Waals surface area contributed by atoms with E-state index >= 15 is 0 Å². The lowest BCUT2D eigenvalue weighted by atomic mass is 10.1. The quantitative estimate of drug-likeness (QED) is 0.497. The molecular formula is C24H23Cl2N3O3. The molecule has 0 atom stereocenters. The number of carbonyl (C=O) groups excluding carboxylic acids is 1. The van der Waals surface area contributed by atoms with E-state index in [9.17, 15) is 4.79 Å². The lowest BCUT2D eigenvalue weighted by molar-refractivity contribution is 0.171. The molecule has 8 heteroatoms. The molecule has 6 nitrogen and oxygen atoms in total. The van der Waals surface area contributed by atoms with E-state index in [1.165, 1.54) is 0 Å². The van der Waals surface area contributed by atoms with E-state index in [-0.39, 0.29) is 6.10 Å². The molecule has 0 spiro atoms. The molecule has 1 aromatic heterocycles. The number of halogens is 2. The van der Waals surface area contributed by atoms with Crippen LogP contribution in [0, 0.1) is 0 Å². The van der Waals surface area contributed by atoms with Gasteiger partial charge >= 0.3 is 6.09 Å². The normalized spacial score (nSPS) is 14.1. The number of hydrogen-bond donors (Lipinski definition) is 1. The van der Waals surface area contributed by atoms with Crippen LogP contribution >= 0.6 is 23.2 Å². The lowest BCUT2D eigenvalue weighted by Crippen LogP contribution is -2.38. The number of aromatic nitrogens is 1. The fourth-order valence-electron chi connectivity index (χ4n) is 3.48. The van der Waals surface area contributed by atoms with Crippen LogP contribution in [0.4, 0.5) is 10.6 Å². The van der Waals surface area contributed by atoms with Gasteiger partial charge in [0.15, 0.2) is 5.75 Å². The molecule has 1 saturated heterocycles. The number of nitrogens with one attached hydrogen (secondary N) is 1. The average molecular weight is 472 g/mol. The molecule has 0 aliphatic carbocycles. The van der Waals surface area contributed by atoms with Gasteiger partial charge in [0, 0.05) is 43.6 Å². The number of anilines is 1. The van der Waals surface area contributed by atoms with Crippen LogP contribution < -0.4 is 19.7 Å². The van der Waals surface area contributed by atoms with E-state index < -0.39 is 6.09 Å². The van der Waals surface area contributed by atoms with Crippen molar-refractivity contribution in [1.29, 1.82) is 0 Å². The first-order valence-corrected chi connectivity index (χ1v) is 11.1. The van der Waals surface area contributed by atoms with Crippen LogP contribution in [0.2, 0.25) is 10.0 Å². The first-order valence-electron chi connectivity index (χ1n) is 10.4. The fourth-order valence-corrected chi connectivity index (χ4v) is 3.81. The second-order valence-electron chi connectivity index (χ2n) is 7.46. The molecule has 1 N–H and O–H groups in total. The summed E-state index contributed by atoms with van der Waals surface area (Å²) >= 11 is 12.2. The SMILES string of the molecule is O=C(NCc1ccccc1)Oc1ccc(N2CCC(Oc3cc(Cl)ccc3Cl)CC2)nc1. The number of benzene rings is 2. The third-order valence-corrected chi connectivity index (χ3v) is 5.71. The minimum absolute atomic E-state index is 0.0677. The van der Waals surface area contributed by atoms with Gasteiger partial charge in [0.05, 0.1) is 11.2 Å². The number of pyridine rings is 1. The Balaban J connectivity index is 1.25. The number of ether oxygens (including phenoxy) is 2. The Kier molecular flexibility index (Phi) is 7.35. The number of piperidine rings is 1. The van der Waals surface area contributed by atoms with E-state index in [2.05, 4.69) is 15.2 Å². The Morgan fingerprint density at radius 1 is 1.06 bits per heavy atom. The van der Waals surface area contributed by atoms with Gasteiger partial charge in [-0.25, -0.2) is 9.78 Å². The van der Waals surface area contributed by atoms with Gasteiger partial charge < -0.3 is 19.7 Å². The van der Waals surface area contributed by atoms with Crippen molar-refractivity contribution in [2.75, 3.05) is 18.0 Å². The van der Waals surface area contributed by atoms with E-state index in [1.54, 1.807) is 30.5 Å². The topological polar surface area (TPSA) is 63.7 Å². The zero-order valence-electron chi connectivity index (χ0n) is 17.3. The molecule has 0 unspecified atom stereocenters. The van der Waals surface area contributed by atoms with Crippen molar-refractivity contribution < 1.29 is 14.3 Å². The summed E-state index contributed by atoms with van der Waals surface area (Å²) in [5, 5.41) is 3.88. The minimum atomic E-state index is -0.513. The molecule has 2 heterocycles. The summed E-state index contributed by atoms with van der Waals surface area (Å²) in [5.41, 5.74) is 1.00. The molecule has 0 radical (unpaired) electrons. The molecule has 2 aromatic carbocycles. The number of carbonyl (C=O) groups is 1. The van der Waals surface area contributed by atoms with Crippen molar-refractivity contribution in [3.63, 3.8) is 0 Å². The van der Waals surface area contributed by atoms with E-state index in [1.807, 2.05) is 36.4 Å². The second kappa shape index (κ2) is 10.6. The molecule has 166 valence electrons. The van der Waals surface area contributed by atoms with Crippen LogP contribution in [0.15, 0.2) is 66.9 Å². The highest BCUT2D eigenvalue weighted by atomic mass is 35.5. The third kappa shape index (κ3) is 6.05. The Hall–Kier alpha value is -2.96. The summed E-state index contributed by atoms with van der Waals surface area (Å²) in [6.45, 7) is 2.00. The van der Waals surface area contributed by atoms with Gasteiger partial charge in [0.1, 0.15) is 17.7 Å². The van der Waals surface area contributed by atoms with Gasteiger partial charge in [-0.2, -0.15) is 0 Å². The molecule has 0 saturated carbocycles. The van der Waals surface area contributed by atoms with Gasteiger partial charge in [-0.15, -0.1) is 0 Å². The summed E-state index contributed by atoms with van der Waals surface area (Å²) in [6.07, 6.45) is 2.79. The van der Waals surface area contributed by atoms with Gasteiger partial charge in [0.2, 0.25) is 0 Å². The second-order valence-corrected chi connectivity index (χ2v) is 8.30. The maximum absolute atomic E-state index is 12.0. The summed E-state index contributed by atoms with van der Waals surface area (Å²) < 4.78 is 11.3. The smallest absolute Gasteiger partial charge is 0.412 e. The monoisotopic (exact) mass is 471 g/mol. The van der Waals surface area contributed by atoms with Crippen molar-refractivity contribution in [2.24, 2.45) is 0 Å². The predicted molar refractivity (Wildman–Crippen MR) is 126 cm³/mol. The third-order valence-electron chi connectivity index (χ3n) is 5.16. The number of hydrogen-bond acceptors (Lipinski definition) is 5. The maximum Gasteiger partial charge on any atom is 0.412 e. The largest absolute Gasteiger partial charge is 0.489 e. The highest BCUT2D eigenvalue weighted by Crippen LogP contribution is 2.30. The lowest BCUT2D eigenvalue weighted by Gasteiger charge is -2.33. The minimum Gasteiger partial charge on any atom is -0.489 e. The van der Waals surface area contributed by atoms with Crippen molar-refractivity contribution in [1.82, 2.24) is 10.3 Å². The summed E-state index contributed by atoms with van der Waals surface area (Å²) in [4.78, 5) is 18.6. The van der Waals surface area contributed by atoms with E-state index in [4.69, 9.17) is 32.7 Å². The molecule has 1 aliphatic heterocycles. The average Bonchev–Trinajstić information content (AvgIpc) is 2.82. The van der Waals surface area contributed by atoms with Crippen LogP contribution in [-0.4, -0.2) is 30.3 Å². The first kappa shape index (κ1) is 22.2. The highest BCUT2D eigenvalue weighted by molar-refractivity contribution is 6.34. The predicted octanol–water partition coefficient (Wildman–Crippen LogP) is 5.72. The Morgan fingerprint density at radius 2 is 1.84 bits per heavy atom. The maximum atomic E-state index is 12.0. The molecule has 1 aliphatic rings. The van der Waals surface area contributed by atoms with E-state index in [0.717, 1.165) is 37.3 Å². The fraction of sp³-hybridized carbons (Fsp3) is 0.250. The van der Waals surface area contributed by atoms with Crippen LogP contribution in [0.1, 0.15) is 18.4 Å². The molecular weight excluding hydrogens is 449 g/mol. The van der Waals surface area contributed by atoms with Crippen LogP contribution in [-0.2, 0) is 6.54 Å². The van der Waals surface area contributed by atoms with Crippen LogP contribution in [0.5, 0.6) is 11.5 Å². The molecule has 1 fully saturated rings. The number of rotatable bonds is 6. The zero-order valence-corrected chi connectivity index (χ0v) is 18.9. The van der Waals surface area contributed by atoms with Crippen molar-refractivity contribution in [3.8, 4) is 11.5 Å². The number of amides is 1. The van der Waals surface area contributed by atoms with Crippen molar-refractivity contribution >= 4 is 35.1 Å². The van der Waals surface area contributed by atoms with Crippen molar-refractivity contribution in [2.45, 2.75) is 25.5 Å². The summed E-state index contributed by atoms with van der Waals surface area (Å²) in [6, 6.07) is 18.5. The van der Waals surface area contributed by atoms with Gasteiger partial charge in [-0.1, -0.05) is 53.5 Å². The molecule has 0 bridgehead atoms. The molecule has 3 aromatic rings.